The van der Waals surface area contributed by atoms with Crippen LogP contribution in [0.25, 0.3) is 11.3 Å². The lowest BCUT2D eigenvalue weighted by molar-refractivity contribution is 0.0303. The summed E-state index contributed by atoms with van der Waals surface area (Å²) in [7, 11) is 3.19. The van der Waals surface area contributed by atoms with Crippen LogP contribution in [0.5, 0.6) is 5.75 Å². The van der Waals surface area contributed by atoms with E-state index in [0.29, 0.717) is 59.5 Å². The van der Waals surface area contributed by atoms with Crippen molar-refractivity contribution >= 4 is 40.7 Å². The molecule has 1 unspecified atom stereocenters. The van der Waals surface area contributed by atoms with Gasteiger partial charge in [-0.15, -0.1) is 0 Å². The summed E-state index contributed by atoms with van der Waals surface area (Å²) in [5.41, 5.74) is 4.24. The minimum Gasteiger partial charge on any atom is -0.496 e. The van der Waals surface area contributed by atoms with Gasteiger partial charge in [-0.05, 0) is 61.9 Å². The number of ether oxygens (including phenoxy) is 2. The molecule has 0 N–H and O–H groups in total. The van der Waals surface area contributed by atoms with Gasteiger partial charge in [0.15, 0.2) is 0 Å². The molecule has 2 aromatic heterocycles. The summed E-state index contributed by atoms with van der Waals surface area (Å²) in [6.45, 7) is 6.16. The first-order valence-corrected chi connectivity index (χ1v) is 15.1. The predicted octanol–water partition coefficient (Wildman–Crippen LogP) is 5.97. The van der Waals surface area contributed by atoms with E-state index in [-0.39, 0.29) is 28.4 Å². The molecule has 2 aliphatic rings. The van der Waals surface area contributed by atoms with Crippen LogP contribution in [-0.4, -0.2) is 59.3 Å². The van der Waals surface area contributed by atoms with Crippen LogP contribution in [0.15, 0.2) is 65.6 Å². The molecule has 9 nitrogen and oxygen atoms in total. The van der Waals surface area contributed by atoms with Crippen LogP contribution in [0.3, 0.4) is 0 Å². The maximum absolute atomic E-state index is 14.4. The molecule has 44 heavy (non-hydrogen) atoms. The molecule has 1 saturated heterocycles. The van der Waals surface area contributed by atoms with Gasteiger partial charge in [-0.1, -0.05) is 35.3 Å². The number of nitrogens with zero attached hydrogens (tertiary/aromatic N) is 4. The maximum Gasteiger partial charge on any atom is 0.269 e. The van der Waals surface area contributed by atoms with Gasteiger partial charge >= 0.3 is 0 Å². The number of carbonyl (C=O) groups excluding carboxylic acids is 2. The molecule has 0 spiro atoms. The van der Waals surface area contributed by atoms with Gasteiger partial charge in [0.25, 0.3) is 17.4 Å². The van der Waals surface area contributed by atoms with Crippen molar-refractivity contribution in [3.8, 4) is 17.0 Å². The zero-order chi connectivity index (χ0) is 31.3. The van der Waals surface area contributed by atoms with Gasteiger partial charge in [-0.3, -0.25) is 19.3 Å². The van der Waals surface area contributed by atoms with Crippen molar-refractivity contribution < 1.29 is 19.1 Å². The van der Waals surface area contributed by atoms with E-state index in [9.17, 15) is 14.4 Å². The molecule has 6 rings (SSSR count). The van der Waals surface area contributed by atoms with Gasteiger partial charge < -0.3 is 23.5 Å². The summed E-state index contributed by atoms with van der Waals surface area (Å²) in [5, 5.41) is 0.588. The summed E-state index contributed by atoms with van der Waals surface area (Å²) >= 11 is 12.6. The van der Waals surface area contributed by atoms with Crippen molar-refractivity contribution in [2.75, 3.05) is 38.3 Å². The molecular weight excluding hydrogens is 603 g/mol. The fourth-order valence-corrected chi connectivity index (χ4v) is 6.49. The van der Waals surface area contributed by atoms with Crippen molar-refractivity contribution in [2.24, 2.45) is 7.05 Å². The minimum atomic E-state index is -0.552. The zero-order valence-electron chi connectivity index (χ0n) is 24.8. The zero-order valence-corrected chi connectivity index (χ0v) is 26.4. The number of amides is 2. The third kappa shape index (κ3) is 5.08. The number of benzene rings is 2. The highest BCUT2D eigenvalue weighted by atomic mass is 35.5. The first kappa shape index (κ1) is 30.0. The van der Waals surface area contributed by atoms with Gasteiger partial charge in [0, 0.05) is 48.5 Å². The van der Waals surface area contributed by atoms with Gasteiger partial charge in [0.05, 0.1) is 43.0 Å². The number of anilines is 1. The Morgan fingerprint density at radius 2 is 1.68 bits per heavy atom. The Hall–Kier alpha value is -4.05. The number of pyridine rings is 1. The Bertz CT molecular complexity index is 1800. The van der Waals surface area contributed by atoms with Crippen molar-refractivity contribution in [1.82, 2.24) is 14.0 Å². The Morgan fingerprint density at radius 3 is 2.32 bits per heavy atom. The topological polar surface area (TPSA) is 86.0 Å². The largest absolute Gasteiger partial charge is 0.496 e. The molecule has 4 aromatic rings. The minimum absolute atomic E-state index is 0.0168. The quantitative estimate of drug-likeness (QED) is 0.261. The molecule has 2 aliphatic heterocycles. The smallest absolute Gasteiger partial charge is 0.269 e. The number of hydrogen-bond acceptors (Lipinski definition) is 5. The first-order chi connectivity index (χ1) is 21.1. The van der Waals surface area contributed by atoms with Crippen LogP contribution in [0, 0.1) is 0 Å². The lowest BCUT2D eigenvalue weighted by Gasteiger charge is -2.29. The fraction of sp³-hybridized carbons (Fsp3) is 0.303. The summed E-state index contributed by atoms with van der Waals surface area (Å²) in [5.74, 6) is 0.258. The highest BCUT2D eigenvalue weighted by molar-refractivity contribution is 6.31. The van der Waals surface area contributed by atoms with Crippen molar-refractivity contribution in [1.29, 1.82) is 0 Å². The van der Waals surface area contributed by atoms with Crippen LogP contribution in [-0.2, 0) is 11.8 Å². The monoisotopic (exact) mass is 634 g/mol. The summed E-state index contributed by atoms with van der Waals surface area (Å²) in [6.07, 6.45) is 1.62. The number of fused-ring (bicyclic) bond motifs is 1. The molecule has 0 bridgehead atoms. The number of morpholine rings is 1. The Balaban J connectivity index is 1.55. The van der Waals surface area contributed by atoms with Gasteiger partial charge in [0.1, 0.15) is 16.8 Å². The lowest BCUT2D eigenvalue weighted by Crippen LogP contribution is -2.40. The van der Waals surface area contributed by atoms with Crippen molar-refractivity contribution in [3.63, 3.8) is 0 Å². The molecule has 2 aromatic carbocycles. The Kier molecular flexibility index (Phi) is 8.04. The van der Waals surface area contributed by atoms with Crippen LogP contribution >= 0.6 is 23.2 Å². The number of carbonyl (C=O) groups is 2. The predicted molar refractivity (Wildman–Crippen MR) is 170 cm³/mol. The Labute approximate surface area is 265 Å². The van der Waals surface area contributed by atoms with E-state index in [1.807, 2.05) is 38.1 Å². The van der Waals surface area contributed by atoms with E-state index < -0.39 is 6.04 Å². The van der Waals surface area contributed by atoms with Gasteiger partial charge in [-0.2, -0.15) is 0 Å². The molecule has 2 amide bonds. The summed E-state index contributed by atoms with van der Waals surface area (Å²) in [6, 6.07) is 15.5. The molecular formula is C33H32Cl2N4O5. The van der Waals surface area contributed by atoms with Crippen LogP contribution < -0.4 is 15.2 Å². The van der Waals surface area contributed by atoms with Crippen molar-refractivity contribution in [3.05, 3.63) is 104 Å². The molecule has 4 heterocycles. The molecule has 11 heteroatoms. The molecule has 228 valence electrons. The molecule has 0 aliphatic carbocycles. The molecule has 1 fully saturated rings. The maximum atomic E-state index is 14.4. The third-order valence-electron chi connectivity index (χ3n) is 8.17. The normalized spacial score (nSPS) is 16.5. The second kappa shape index (κ2) is 11.8. The molecule has 1 atom stereocenters. The molecule has 0 saturated carbocycles. The number of aryl methyl sites for hydroxylation is 1. The highest BCUT2D eigenvalue weighted by Gasteiger charge is 2.44. The van der Waals surface area contributed by atoms with E-state index in [0.717, 1.165) is 17.0 Å². The number of aromatic nitrogens is 2. The van der Waals surface area contributed by atoms with Crippen molar-refractivity contribution in [2.45, 2.75) is 25.9 Å². The van der Waals surface area contributed by atoms with Crippen LogP contribution in [0.1, 0.15) is 57.9 Å². The van der Waals surface area contributed by atoms with Crippen LogP contribution in [0.2, 0.25) is 10.0 Å². The number of hydrogen-bond donors (Lipinski definition) is 0. The summed E-state index contributed by atoms with van der Waals surface area (Å²) < 4.78 is 14.7. The lowest BCUT2D eigenvalue weighted by atomic mass is 10.0. The average molecular weight is 636 g/mol. The standard InChI is InChI=1S/C33H32Cl2N4O5/c1-19(2)38-27(24-15-21(7-10-28(24)43-4)31(40)37-11-13-44-14-12-37)17-25-30(38)29(20-5-8-22(34)9-6-20)39(32(25)41)23-16-26(35)33(42)36(3)18-23/h5-10,15-19,29H,11-14H2,1-4H3. The Morgan fingerprint density at radius 1 is 0.977 bits per heavy atom. The summed E-state index contributed by atoms with van der Waals surface area (Å²) in [4.78, 5) is 43.7. The molecule has 0 radical (unpaired) electrons. The number of methoxy groups -OCH3 is 1. The number of halogens is 2. The van der Waals surface area contributed by atoms with E-state index in [4.69, 9.17) is 32.7 Å². The van der Waals surface area contributed by atoms with E-state index >= 15 is 0 Å². The fourth-order valence-electron chi connectivity index (χ4n) is 6.12. The second-order valence-corrected chi connectivity index (χ2v) is 12.0. The van der Waals surface area contributed by atoms with E-state index in [2.05, 4.69) is 4.57 Å². The number of rotatable bonds is 6. The third-order valence-corrected chi connectivity index (χ3v) is 8.69. The van der Waals surface area contributed by atoms with Gasteiger partial charge in [-0.25, -0.2) is 0 Å². The second-order valence-electron chi connectivity index (χ2n) is 11.2. The SMILES string of the molecule is COc1ccc(C(=O)N2CCOCC2)cc1-c1cc2c(n1C(C)C)C(c1ccc(Cl)cc1)N(c1cc(Cl)c(=O)n(C)c1)C2=O. The van der Waals surface area contributed by atoms with E-state index in [1.54, 1.807) is 54.4 Å². The first-order valence-electron chi connectivity index (χ1n) is 14.4. The van der Waals surface area contributed by atoms with E-state index in [1.165, 1.54) is 10.6 Å². The highest BCUT2D eigenvalue weighted by Crippen LogP contribution is 2.47. The average Bonchev–Trinajstić information content (AvgIpc) is 3.55. The van der Waals surface area contributed by atoms with Crippen LogP contribution in [0.4, 0.5) is 5.69 Å². The van der Waals surface area contributed by atoms with Gasteiger partial charge in [0.2, 0.25) is 0 Å².